The number of carbonyl (C=O) groups excluding carboxylic acids is 1. The highest BCUT2D eigenvalue weighted by molar-refractivity contribution is 7.92. The average Bonchev–Trinajstić information content (AvgIpc) is 2.64. The minimum atomic E-state index is -4.77. The zero-order chi connectivity index (χ0) is 24.5. The number of amides is 1. The van der Waals surface area contributed by atoms with E-state index in [1.54, 1.807) is 6.92 Å². The van der Waals surface area contributed by atoms with Crippen LogP contribution in [0.5, 0.6) is 0 Å². The lowest BCUT2D eigenvalue weighted by atomic mass is 9.86. The normalized spacial score (nSPS) is 13.5. The molecule has 0 saturated carbocycles. The van der Waals surface area contributed by atoms with Crippen molar-refractivity contribution in [1.29, 1.82) is 0 Å². The summed E-state index contributed by atoms with van der Waals surface area (Å²) in [5.41, 5.74) is 0.406. The number of halogens is 4. The first-order chi connectivity index (χ1) is 14.5. The predicted octanol–water partition coefficient (Wildman–Crippen LogP) is 5.30. The van der Waals surface area contributed by atoms with E-state index in [2.05, 4.69) is 26.1 Å². The van der Waals surface area contributed by atoms with Crippen molar-refractivity contribution in [2.75, 3.05) is 17.1 Å². The van der Waals surface area contributed by atoms with Crippen molar-refractivity contribution in [3.8, 4) is 0 Å². The van der Waals surface area contributed by atoms with Gasteiger partial charge >= 0.3 is 6.18 Å². The summed E-state index contributed by atoms with van der Waals surface area (Å²) in [4.78, 5) is 12.6. The van der Waals surface area contributed by atoms with Gasteiger partial charge in [0.05, 0.1) is 28.6 Å². The van der Waals surface area contributed by atoms with Crippen LogP contribution in [0.25, 0.3) is 0 Å². The van der Waals surface area contributed by atoms with Gasteiger partial charge in [0.2, 0.25) is 15.9 Å². The number of benzene rings is 2. The molecule has 0 bridgehead atoms. The standard InChI is InChI=1S/C22H26ClF3N2O3S/c1-14(15-6-8-16(9-7-15)21(2,3)4)27-20(29)13-28(32(5,30)31)17-10-11-19(23)18(12-17)22(24,25)26/h6-12,14H,13H2,1-5H3,(H,27,29). The van der Waals surface area contributed by atoms with Gasteiger partial charge in [0.1, 0.15) is 6.54 Å². The summed E-state index contributed by atoms with van der Waals surface area (Å²) in [6.07, 6.45) is -3.96. The lowest BCUT2D eigenvalue weighted by molar-refractivity contribution is -0.137. The quantitative estimate of drug-likeness (QED) is 0.597. The fourth-order valence-corrected chi connectivity index (χ4v) is 4.13. The molecule has 1 atom stereocenters. The molecule has 2 rings (SSSR count). The van der Waals surface area contributed by atoms with Crippen LogP contribution < -0.4 is 9.62 Å². The van der Waals surface area contributed by atoms with E-state index < -0.39 is 45.3 Å². The first kappa shape index (κ1) is 26.0. The Kier molecular flexibility index (Phi) is 7.56. The van der Waals surface area contributed by atoms with E-state index in [9.17, 15) is 26.4 Å². The van der Waals surface area contributed by atoms with Crippen LogP contribution in [-0.4, -0.2) is 27.1 Å². The predicted molar refractivity (Wildman–Crippen MR) is 120 cm³/mol. The molecule has 32 heavy (non-hydrogen) atoms. The number of alkyl halides is 3. The second-order valence-electron chi connectivity index (χ2n) is 8.59. The number of hydrogen-bond acceptors (Lipinski definition) is 3. The number of hydrogen-bond donors (Lipinski definition) is 1. The number of anilines is 1. The van der Waals surface area contributed by atoms with Gasteiger partial charge in [0, 0.05) is 0 Å². The monoisotopic (exact) mass is 490 g/mol. The third-order valence-electron chi connectivity index (χ3n) is 4.89. The van der Waals surface area contributed by atoms with Crippen molar-refractivity contribution < 1.29 is 26.4 Å². The van der Waals surface area contributed by atoms with Crippen molar-refractivity contribution in [2.45, 2.75) is 45.3 Å². The Morgan fingerprint density at radius 3 is 2.12 bits per heavy atom. The molecule has 0 aromatic heterocycles. The number of carbonyl (C=O) groups is 1. The van der Waals surface area contributed by atoms with E-state index in [1.807, 2.05) is 24.3 Å². The van der Waals surface area contributed by atoms with Gasteiger partial charge < -0.3 is 5.32 Å². The first-order valence-electron chi connectivity index (χ1n) is 9.74. The van der Waals surface area contributed by atoms with Crippen molar-refractivity contribution in [3.63, 3.8) is 0 Å². The van der Waals surface area contributed by atoms with Crippen LogP contribution in [0.2, 0.25) is 5.02 Å². The molecule has 1 unspecified atom stereocenters. The molecule has 10 heteroatoms. The van der Waals surface area contributed by atoms with Crippen LogP contribution in [0.4, 0.5) is 18.9 Å². The van der Waals surface area contributed by atoms with Crippen molar-refractivity contribution in [2.24, 2.45) is 0 Å². The van der Waals surface area contributed by atoms with Gasteiger partial charge in [-0.25, -0.2) is 8.42 Å². The largest absolute Gasteiger partial charge is 0.417 e. The molecule has 1 N–H and O–H groups in total. The molecule has 2 aromatic carbocycles. The zero-order valence-electron chi connectivity index (χ0n) is 18.4. The summed E-state index contributed by atoms with van der Waals surface area (Å²) in [7, 11) is -4.05. The molecular formula is C22H26ClF3N2O3S. The molecule has 0 heterocycles. The van der Waals surface area contributed by atoms with Gasteiger partial charge in [-0.15, -0.1) is 0 Å². The van der Waals surface area contributed by atoms with Crippen LogP contribution in [0.3, 0.4) is 0 Å². The lowest BCUT2D eigenvalue weighted by Crippen LogP contribution is -2.41. The maximum absolute atomic E-state index is 13.2. The molecule has 5 nitrogen and oxygen atoms in total. The van der Waals surface area contributed by atoms with E-state index in [-0.39, 0.29) is 11.1 Å². The Morgan fingerprint density at radius 1 is 1.09 bits per heavy atom. The summed E-state index contributed by atoms with van der Waals surface area (Å²) in [6.45, 7) is 7.29. The number of sulfonamides is 1. The van der Waals surface area contributed by atoms with Crippen molar-refractivity contribution in [3.05, 3.63) is 64.2 Å². The van der Waals surface area contributed by atoms with Gasteiger partial charge in [-0.3, -0.25) is 9.10 Å². The maximum atomic E-state index is 13.2. The van der Waals surface area contributed by atoms with E-state index in [0.717, 1.165) is 29.5 Å². The number of nitrogens with one attached hydrogen (secondary N) is 1. The van der Waals surface area contributed by atoms with Crippen LogP contribution in [0.1, 0.15) is 50.4 Å². The minimum Gasteiger partial charge on any atom is -0.348 e. The molecule has 0 aliphatic heterocycles. The Bertz CT molecular complexity index is 1080. The molecule has 2 aromatic rings. The average molecular weight is 491 g/mol. The fraction of sp³-hybridized carbons (Fsp3) is 0.409. The smallest absolute Gasteiger partial charge is 0.348 e. The van der Waals surface area contributed by atoms with Crippen LogP contribution in [0, 0.1) is 0 Å². The van der Waals surface area contributed by atoms with Crippen molar-refractivity contribution in [1.82, 2.24) is 5.32 Å². The highest BCUT2D eigenvalue weighted by Crippen LogP contribution is 2.37. The summed E-state index contributed by atoms with van der Waals surface area (Å²) in [6, 6.07) is 9.90. The molecule has 0 aliphatic carbocycles. The molecule has 1 amide bonds. The van der Waals surface area contributed by atoms with E-state index in [4.69, 9.17) is 11.6 Å². The minimum absolute atomic E-state index is 0.0329. The molecule has 0 aliphatic rings. The fourth-order valence-electron chi connectivity index (χ4n) is 3.06. The van der Waals surface area contributed by atoms with Gasteiger partial charge in [-0.05, 0) is 41.7 Å². The van der Waals surface area contributed by atoms with Gasteiger partial charge in [0.25, 0.3) is 0 Å². The van der Waals surface area contributed by atoms with Crippen LogP contribution in [0.15, 0.2) is 42.5 Å². The van der Waals surface area contributed by atoms with Gasteiger partial charge in [-0.2, -0.15) is 13.2 Å². The Balaban J connectivity index is 2.23. The van der Waals surface area contributed by atoms with Gasteiger partial charge in [0.15, 0.2) is 0 Å². The van der Waals surface area contributed by atoms with Crippen LogP contribution >= 0.6 is 11.6 Å². The molecule has 0 radical (unpaired) electrons. The molecule has 0 fully saturated rings. The van der Waals surface area contributed by atoms with E-state index >= 15 is 0 Å². The Hall–Kier alpha value is -2.26. The number of nitrogens with zero attached hydrogens (tertiary/aromatic N) is 1. The van der Waals surface area contributed by atoms with Crippen molar-refractivity contribution >= 4 is 33.2 Å². The molecule has 0 spiro atoms. The third-order valence-corrected chi connectivity index (χ3v) is 6.36. The van der Waals surface area contributed by atoms with Gasteiger partial charge in [-0.1, -0.05) is 56.6 Å². The first-order valence-corrected chi connectivity index (χ1v) is 12.0. The SMILES string of the molecule is CC(NC(=O)CN(c1ccc(Cl)c(C(F)(F)F)c1)S(C)(=O)=O)c1ccc(C(C)(C)C)cc1. The molecule has 176 valence electrons. The summed E-state index contributed by atoms with van der Waals surface area (Å²) in [5, 5.41) is 2.13. The lowest BCUT2D eigenvalue weighted by Gasteiger charge is -2.24. The van der Waals surface area contributed by atoms with Crippen LogP contribution in [-0.2, 0) is 26.4 Å². The van der Waals surface area contributed by atoms with E-state index in [1.165, 1.54) is 0 Å². The third kappa shape index (κ3) is 6.62. The number of rotatable bonds is 6. The maximum Gasteiger partial charge on any atom is 0.417 e. The topological polar surface area (TPSA) is 66.5 Å². The molecule has 0 saturated heterocycles. The summed E-state index contributed by atoms with van der Waals surface area (Å²) < 4.78 is 64.6. The van der Waals surface area contributed by atoms with E-state index in [0.29, 0.717) is 10.4 Å². The molecular weight excluding hydrogens is 465 g/mol. The second kappa shape index (κ2) is 9.31. The highest BCUT2D eigenvalue weighted by atomic mass is 35.5. The second-order valence-corrected chi connectivity index (χ2v) is 10.9. The Morgan fingerprint density at radius 2 is 1.66 bits per heavy atom. The zero-order valence-corrected chi connectivity index (χ0v) is 20.0. The Labute approximate surface area is 191 Å². The highest BCUT2D eigenvalue weighted by Gasteiger charge is 2.34. The summed E-state index contributed by atoms with van der Waals surface area (Å²) in [5.74, 6) is -0.661. The summed E-state index contributed by atoms with van der Waals surface area (Å²) >= 11 is 5.61.